The highest BCUT2D eigenvalue weighted by molar-refractivity contribution is 14.1. The number of halogens is 1. The van der Waals surface area contributed by atoms with Crippen molar-refractivity contribution in [3.05, 3.63) is 63.5 Å². The van der Waals surface area contributed by atoms with Gasteiger partial charge in [-0.2, -0.15) is 5.10 Å². The number of aromatic nitrogens is 1. The lowest BCUT2D eigenvalue weighted by Gasteiger charge is -2.04. The summed E-state index contributed by atoms with van der Waals surface area (Å²) in [6, 6.07) is 12.9. The molecule has 0 spiro atoms. The lowest BCUT2D eigenvalue weighted by Crippen LogP contribution is -2.20. The predicted molar refractivity (Wildman–Crippen MR) is 83.1 cm³/mol. The maximum Gasteiger partial charge on any atom is 0.272 e. The van der Waals surface area contributed by atoms with E-state index in [0.29, 0.717) is 11.3 Å². The maximum absolute atomic E-state index is 12.0. The molecule has 1 aromatic heterocycles. The molecule has 19 heavy (non-hydrogen) atoms. The highest BCUT2D eigenvalue weighted by Crippen LogP contribution is 2.11. The Morgan fingerprint density at radius 1 is 1.21 bits per heavy atom. The standard InChI is InChI=1S/C14H12IN3O/c1-10(13-8-4-5-9-16-13)17-18-14(19)11-6-2-3-7-12(11)15/h2-9H,1H3,(H,18,19)/b17-10-. The van der Waals surface area contributed by atoms with Gasteiger partial charge in [-0.25, -0.2) is 5.43 Å². The number of hydrogen-bond donors (Lipinski definition) is 1. The average Bonchev–Trinajstić information content (AvgIpc) is 2.46. The number of carbonyl (C=O) groups is 1. The molecule has 1 amide bonds. The fourth-order valence-electron chi connectivity index (χ4n) is 1.47. The summed E-state index contributed by atoms with van der Waals surface area (Å²) in [5, 5.41) is 4.06. The van der Waals surface area contributed by atoms with Crippen LogP contribution in [-0.4, -0.2) is 16.6 Å². The summed E-state index contributed by atoms with van der Waals surface area (Å²) in [5.74, 6) is -0.222. The van der Waals surface area contributed by atoms with E-state index in [1.165, 1.54) is 0 Å². The van der Waals surface area contributed by atoms with Crippen LogP contribution < -0.4 is 5.43 Å². The molecule has 1 N–H and O–H groups in total. The van der Waals surface area contributed by atoms with Crippen molar-refractivity contribution in [3.8, 4) is 0 Å². The normalized spacial score (nSPS) is 11.2. The van der Waals surface area contributed by atoms with Crippen LogP contribution >= 0.6 is 22.6 Å². The van der Waals surface area contributed by atoms with Crippen LogP contribution in [0.1, 0.15) is 23.0 Å². The number of nitrogens with one attached hydrogen (secondary N) is 1. The Kier molecular flexibility index (Phi) is 4.62. The van der Waals surface area contributed by atoms with Crippen molar-refractivity contribution >= 4 is 34.2 Å². The third kappa shape index (κ3) is 3.60. The first kappa shape index (κ1) is 13.7. The minimum absolute atomic E-state index is 0.222. The Morgan fingerprint density at radius 3 is 2.63 bits per heavy atom. The molecule has 0 unspecified atom stereocenters. The highest BCUT2D eigenvalue weighted by atomic mass is 127. The summed E-state index contributed by atoms with van der Waals surface area (Å²) >= 11 is 2.12. The fraction of sp³-hybridized carbons (Fsp3) is 0.0714. The topological polar surface area (TPSA) is 54.4 Å². The molecular formula is C14H12IN3O. The number of nitrogens with zero attached hydrogens (tertiary/aromatic N) is 2. The van der Waals surface area contributed by atoms with E-state index in [1.807, 2.05) is 36.4 Å². The molecule has 0 fully saturated rings. The predicted octanol–water partition coefficient (Wildman–Crippen LogP) is 2.84. The zero-order chi connectivity index (χ0) is 13.7. The minimum atomic E-state index is -0.222. The molecule has 2 aromatic rings. The first-order valence-electron chi connectivity index (χ1n) is 5.69. The van der Waals surface area contributed by atoms with Crippen LogP contribution in [0.4, 0.5) is 0 Å². The van der Waals surface area contributed by atoms with E-state index in [-0.39, 0.29) is 5.91 Å². The third-order valence-corrected chi connectivity index (χ3v) is 3.42. The van der Waals surface area contributed by atoms with E-state index in [0.717, 1.165) is 9.26 Å². The zero-order valence-electron chi connectivity index (χ0n) is 10.3. The molecule has 96 valence electrons. The summed E-state index contributed by atoms with van der Waals surface area (Å²) in [7, 11) is 0. The Bertz CT molecular complexity index is 611. The molecule has 0 atom stereocenters. The Morgan fingerprint density at radius 2 is 1.95 bits per heavy atom. The lowest BCUT2D eigenvalue weighted by atomic mass is 10.2. The highest BCUT2D eigenvalue weighted by Gasteiger charge is 2.08. The zero-order valence-corrected chi connectivity index (χ0v) is 12.5. The number of pyridine rings is 1. The van der Waals surface area contributed by atoms with Crippen molar-refractivity contribution in [2.45, 2.75) is 6.92 Å². The van der Waals surface area contributed by atoms with Crippen LogP contribution in [0.15, 0.2) is 53.8 Å². The molecule has 0 radical (unpaired) electrons. The van der Waals surface area contributed by atoms with Gasteiger partial charge in [0.2, 0.25) is 0 Å². The van der Waals surface area contributed by atoms with Crippen LogP contribution in [0.25, 0.3) is 0 Å². The van der Waals surface area contributed by atoms with E-state index < -0.39 is 0 Å². The van der Waals surface area contributed by atoms with Gasteiger partial charge >= 0.3 is 0 Å². The van der Waals surface area contributed by atoms with E-state index in [2.05, 4.69) is 38.1 Å². The van der Waals surface area contributed by atoms with Gasteiger partial charge in [-0.3, -0.25) is 9.78 Å². The van der Waals surface area contributed by atoms with Gasteiger partial charge in [0, 0.05) is 9.77 Å². The molecule has 5 heteroatoms. The minimum Gasteiger partial charge on any atom is -0.267 e. The van der Waals surface area contributed by atoms with Gasteiger partial charge in [0.15, 0.2) is 0 Å². The number of hydrogen-bond acceptors (Lipinski definition) is 3. The van der Waals surface area contributed by atoms with Crippen molar-refractivity contribution in [1.29, 1.82) is 0 Å². The molecule has 0 aliphatic heterocycles. The van der Waals surface area contributed by atoms with Crippen LogP contribution in [0.3, 0.4) is 0 Å². The molecule has 1 aromatic carbocycles. The maximum atomic E-state index is 12.0. The number of amides is 1. The fourth-order valence-corrected chi connectivity index (χ4v) is 2.11. The lowest BCUT2D eigenvalue weighted by molar-refractivity contribution is 0.0954. The van der Waals surface area contributed by atoms with Crippen molar-refractivity contribution in [3.63, 3.8) is 0 Å². The van der Waals surface area contributed by atoms with Gasteiger partial charge < -0.3 is 0 Å². The van der Waals surface area contributed by atoms with Gasteiger partial charge in [-0.15, -0.1) is 0 Å². The number of rotatable bonds is 3. The van der Waals surface area contributed by atoms with Crippen molar-refractivity contribution in [2.75, 3.05) is 0 Å². The number of carbonyl (C=O) groups excluding carboxylic acids is 1. The van der Waals surface area contributed by atoms with Crippen LogP contribution in [0.5, 0.6) is 0 Å². The summed E-state index contributed by atoms with van der Waals surface area (Å²) in [4.78, 5) is 16.1. The van der Waals surface area contributed by atoms with Gasteiger partial charge in [-0.05, 0) is 53.8 Å². The monoisotopic (exact) mass is 365 g/mol. The molecule has 0 aliphatic carbocycles. The number of hydrazone groups is 1. The molecule has 2 rings (SSSR count). The SMILES string of the molecule is C/C(=N/NC(=O)c1ccccc1I)c1ccccn1. The first-order valence-corrected chi connectivity index (χ1v) is 6.77. The number of benzene rings is 1. The Labute approximate surface area is 125 Å². The smallest absolute Gasteiger partial charge is 0.267 e. The molecule has 0 saturated carbocycles. The van der Waals surface area contributed by atoms with Crippen LogP contribution in [0.2, 0.25) is 0 Å². The molecule has 0 aliphatic rings. The van der Waals surface area contributed by atoms with Gasteiger partial charge in [0.1, 0.15) is 0 Å². The van der Waals surface area contributed by atoms with Gasteiger partial charge in [0.05, 0.1) is 17.0 Å². The molecule has 0 bridgehead atoms. The van der Waals surface area contributed by atoms with Crippen LogP contribution in [-0.2, 0) is 0 Å². The molecule has 0 saturated heterocycles. The largest absolute Gasteiger partial charge is 0.272 e. The van der Waals surface area contributed by atoms with Gasteiger partial charge in [-0.1, -0.05) is 18.2 Å². The third-order valence-electron chi connectivity index (χ3n) is 2.48. The average molecular weight is 365 g/mol. The molecule has 4 nitrogen and oxygen atoms in total. The van der Waals surface area contributed by atoms with Crippen molar-refractivity contribution in [1.82, 2.24) is 10.4 Å². The molecule has 1 heterocycles. The second-order valence-corrected chi connectivity index (χ2v) is 5.00. The van der Waals surface area contributed by atoms with Gasteiger partial charge in [0.25, 0.3) is 5.91 Å². The van der Waals surface area contributed by atoms with E-state index >= 15 is 0 Å². The molecular weight excluding hydrogens is 353 g/mol. The van der Waals surface area contributed by atoms with E-state index in [1.54, 1.807) is 19.2 Å². The van der Waals surface area contributed by atoms with E-state index in [4.69, 9.17) is 0 Å². The summed E-state index contributed by atoms with van der Waals surface area (Å²) in [5.41, 5.74) is 4.56. The summed E-state index contributed by atoms with van der Waals surface area (Å²) in [6.45, 7) is 1.80. The summed E-state index contributed by atoms with van der Waals surface area (Å²) < 4.78 is 0.892. The van der Waals surface area contributed by atoms with Crippen LogP contribution in [0, 0.1) is 3.57 Å². The Balaban J connectivity index is 2.11. The summed E-state index contributed by atoms with van der Waals surface area (Å²) in [6.07, 6.45) is 1.69. The second-order valence-electron chi connectivity index (χ2n) is 3.83. The van der Waals surface area contributed by atoms with Crippen molar-refractivity contribution in [2.24, 2.45) is 5.10 Å². The first-order chi connectivity index (χ1) is 9.18. The van der Waals surface area contributed by atoms with Crippen molar-refractivity contribution < 1.29 is 4.79 Å². The Hall–Kier alpha value is -1.76. The quantitative estimate of drug-likeness (QED) is 0.517. The second kappa shape index (κ2) is 6.42. The van der Waals surface area contributed by atoms with E-state index in [9.17, 15) is 4.79 Å².